The molecule has 15 nitrogen and oxygen atoms in total. The van der Waals surface area contributed by atoms with E-state index in [-0.39, 0.29) is 24.8 Å². The molecule has 0 saturated heterocycles. The molecule has 61 heavy (non-hydrogen) atoms. The monoisotopic (exact) mass is 847 g/mol. The van der Waals surface area contributed by atoms with Crippen LogP contribution in [0.15, 0.2) is 35.1 Å². The van der Waals surface area contributed by atoms with Crippen LogP contribution in [0.5, 0.6) is 0 Å². The molecule has 2 amide bonds. The van der Waals surface area contributed by atoms with E-state index in [2.05, 4.69) is 21.2 Å². The van der Waals surface area contributed by atoms with Gasteiger partial charge in [0.15, 0.2) is 0 Å². The molecule has 0 saturated carbocycles. The fraction of sp³-hybridized carbons (Fsp3) is 0.533. The highest BCUT2D eigenvalue weighted by Gasteiger charge is 2.64. The molecule has 0 aliphatic heterocycles. The Bertz CT molecular complexity index is 2300. The number of nitrogens with one attached hydrogen (secondary N) is 2. The van der Waals surface area contributed by atoms with Crippen LogP contribution in [-0.4, -0.2) is 90.7 Å². The number of hydrogen-bond acceptors (Lipinski definition) is 9. The minimum absolute atomic E-state index is 0.0559. The number of nitrogens with zero attached hydrogens (tertiary/aromatic N) is 3. The molecule has 2 unspecified atom stereocenters. The van der Waals surface area contributed by atoms with Crippen molar-refractivity contribution in [2.45, 2.75) is 124 Å². The zero-order valence-corrected chi connectivity index (χ0v) is 36.6. The van der Waals surface area contributed by atoms with E-state index in [4.69, 9.17) is 11.2 Å². The lowest BCUT2D eigenvalue weighted by Gasteiger charge is -2.60. The van der Waals surface area contributed by atoms with Crippen LogP contribution in [0.2, 0.25) is 0 Å². The summed E-state index contributed by atoms with van der Waals surface area (Å²) in [4.78, 5) is 89.4. The Kier molecular flexibility index (Phi) is 14.1. The molecule has 1 aromatic heterocycles. The molecule has 1 heterocycles. The number of H-pyrrole nitrogens is 1. The molecular weight excluding hydrogens is 790 g/mol. The summed E-state index contributed by atoms with van der Waals surface area (Å²) in [6.45, 7) is 15.0. The third kappa shape index (κ3) is 9.88. The fourth-order valence-corrected chi connectivity index (χ4v) is 8.95. The van der Waals surface area contributed by atoms with E-state index in [1.807, 2.05) is 6.07 Å². The van der Waals surface area contributed by atoms with Gasteiger partial charge in [-0.3, -0.25) is 19.2 Å². The van der Waals surface area contributed by atoms with Crippen molar-refractivity contribution in [3.05, 3.63) is 69.0 Å². The molecule has 0 bridgehead atoms. The molecule has 3 aromatic rings. The van der Waals surface area contributed by atoms with Gasteiger partial charge in [0, 0.05) is 30.7 Å². The number of rotatable bonds is 16. The maximum absolute atomic E-state index is 15.9. The average molecular weight is 848 g/mol. The third-order valence-electron chi connectivity index (χ3n) is 11.4. The van der Waals surface area contributed by atoms with Crippen LogP contribution in [0.25, 0.3) is 10.9 Å². The van der Waals surface area contributed by atoms with Crippen LogP contribution in [0.3, 0.4) is 0 Å². The van der Waals surface area contributed by atoms with E-state index in [1.54, 1.807) is 73.3 Å². The molecule has 0 spiro atoms. The number of terminal acetylenes is 1. The Hall–Kier alpha value is -5.82. The first-order valence-electron chi connectivity index (χ1n) is 20.1. The zero-order chi connectivity index (χ0) is 46.0. The van der Waals surface area contributed by atoms with Crippen molar-refractivity contribution in [2.24, 2.45) is 16.7 Å². The molecule has 1 aliphatic rings. The number of aliphatic carboxylic acids is 3. The lowest BCUT2D eigenvalue weighted by atomic mass is 9.56. The summed E-state index contributed by atoms with van der Waals surface area (Å²) in [7, 11) is 1.50. The van der Waals surface area contributed by atoms with Gasteiger partial charge in [-0.25, -0.2) is 19.0 Å². The largest absolute Gasteiger partial charge is 0.481 e. The van der Waals surface area contributed by atoms with E-state index >= 15 is 4.39 Å². The van der Waals surface area contributed by atoms with Crippen molar-refractivity contribution in [3.8, 4) is 12.3 Å². The number of benzene rings is 2. The second kappa shape index (κ2) is 18.0. The predicted octanol–water partition coefficient (Wildman–Crippen LogP) is 5.93. The second-order valence-corrected chi connectivity index (χ2v) is 18.7. The number of aromatic nitrogens is 2. The number of fused-ring (bicyclic) bond motifs is 2. The molecule has 0 radical (unpaired) electrons. The minimum Gasteiger partial charge on any atom is -0.481 e. The standard InChI is InChI=1S/C45H58FN5O10/c1-12-19-50(33-17-13-25-20-32-29(22-28(25)33)39(56)49-35(47-32)24-61-11)26-14-15-27(30(46)21-26)38(55)48-31(40(57)58)16-18-36(52)51(44(8,9)10)45(41(59)60,43(5,6)7)34(23-37(53)54)42(2,3)4/h1,14-15,20-22,31,33-34H,13,16-19,23-24H2,2-11H3,(H,48,55)(H,53,54)(H,57,58)(H,59,60)(H,47,49,56)/t31-,33?,34?,45+/m0/s1. The van der Waals surface area contributed by atoms with Crippen molar-refractivity contribution >= 4 is 46.3 Å². The lowest BCUT2D eigenvalue weighted by Crippen LogP contribution is -2.74. The van der Waals surface area contributed by atoms with Gasteiger partial charge in [0.2, 0.25) is 5.91 Å². The summed E-state index contributed by atoms with van der Waals surface area (Å²) in [5.41, 5.74) is -3.68. The Morgan fingerprint density at radius 1 is 1.03 bits per heavy atom. The summed E-state index contributed by atoms with van der Waals surface area (Å²) in [5.74, 6) is -5.12. The van der Waals surface area contributed by atoms with Crippen molar-refractivity contribution in [1.82, 2.24) is 20.2 Å². The summed E-state index contributed by atoms with van der Waals surface area (Å²) < 4.78 is 21.0. The Morgan fingerprint density at radius 3 is 2.20 bits per heavy atom. The molecule has 4 atom stereocenters. The first-order valence-corrected chi connectivity index (χ1v) is 20.1. The van der Waals surface area contributed by atoms with Gasteiger partial charge in [0.25, 0.3) is 11.5 Å². The normalized spacial score (nSPS) is 16.1. The highest BCUT2D eigenvalue weighted by Crippen LogP contribution is 2.52. The molecule has 1 aliphatic carbocycles. The number of halogens is 1. The van der Waals surface area contributed by atoms with Gasteiger partial charge in [0.1, 0.15) is 29.8 Å². The fourth-order valence-electron chi connectivity index (χ4n) is 8.95. The van der Waals surface area contributed by atoms with Crippen LogP contribution in [0.1, 0.15) is 121 Å². The van der Waals surface area contributed by atoms with Crippen LogP contribution >= 0.6 is 0 Å². The van der Waals surface area contributed by atoms with E-state index in [0.717, 1.165) is 17.2 Å². The first kappa shape index (κ1) is 47.9. The lowest BCUT2D eigenvalue weighted by molar-refractivity contribution is -0.193. The highest BCUT2D eigenvalue weighted by molar-refractivity contribution is 5.97. The maximum atomic E-state index is 15.9. The van der Waals surface area contributed by atoms with Crippen molar-refractivity contribution in [1.29, 1.82) is 0 Å². The van der Waals surface area contributed by atoms with Gasteiger partial charge >= 0.3 is 17.9 Å². The zero-order valence-electron chi connectivity index (χ0n) is 36.6. The van der Waals surface area contributed by atoms with Crippen molar-refractivity contribution in [3.63, 3.8) is 0 Å². The molecule has 330 valence electrons. The van der Waals surface area contributed by atoms with Gasteiger partial charge in [0.05, 0.1) is 35.5 Å². The molecule has 16 heteroatoms. The van der Waals surface area contributed by atoms with Gasteiger partial charge in [-0.15, -0.1) is 6.42 Å². The van der Waals surface area contributed by atoms with Gasteiger partial charge in [-0.05, 0) is 92.3 Å². The molecule has 4 rings (SSSR count). The number of carbonyl (C=O) groups excluding carboxylic acids is 2. The topological polar surface area (TPSA) is 220 Å². The molecular formula is C45H58FN5O10. The molecule has 0 fully saturated rings. The number of anilines is 1. The highest BCUT2D eigenvalue weighted by atomic mass is 19.1. The summed E-state index contributed by atoms with van der Waals surface area (Å²) in [5, 5.41) is 33.9. The van der Waals surface area contributed by atoms with Crippen LogP contribution in [0, 0.1) is 34.9 Å². The molecule has 2 aromatic carbocycles. The number of aryl methyl sites for hydroxylation is 1. The SMILES string of the molecule is C#CCN(c1ccc(C(=O)N[C@@H](CCC(=O)N(C(C)(C)C)[C@@](C(=O)O)(C(CC(=O)O)C(C)(C)C)C(C)(C)C)C(=O)O)c(F)c1)C1CCc2cc3nc(COC)[nH]c(=O)c3cc21. The quantitative estimate of drug-likeness (QED) is 0.106. The van der Waals surface area contributed by atoms with Gasteiger partial charge in [-0.1, -0.05) is 47.5 Å². The van der Waals surface area contributed by atoms with E-state index < -0.39 is 94.2 Å². The first-order chi connectivity index (χ1) is 28.2. The van der Waals surface area contributed by atoms with Crippen LogP contribution in [0.4, 0.5) is 10.1 Å². The van der Waals surface area contributed by atoms with E-state index in [0.29, 0.717) is 35.3 Å². The Balaban J connectivity index is 1.62. The third-order valence-corrected chi connectivity index (χ3v) is 11.4. The number of carboxylic acids is 3. The van der Waals surface area contributed by atoms with Gasteiger partial charge in [-0.2, -0.15) is 0 Å². The van der Waals surface area contributed by atoms with Crippen molar-refractivity contribution < 1.29 is 48.4 Å². The number of ether oxygens (including phenoxy) is 1. The number of hydrogen-bond donors (Lipinski definition) is 5. The second-order valence-electron chi connectivity index (χ2n) is 18.7. The van der Waals surface area contributed by atoms with Gasteiger partial charge < -0.3 is 40.2 Å². The summed E-state index contributed by atoms with van der Waals surface area (Å²) in [6, 6.07) is 5.37. The van der Waals surface area contributed by atoms with Crippen LogP contribution < -0.4 is 15.8 Å². The number of carbonyl (C=O) groups is 5. The number of carboxylic acid groups (broad SMARTS) is 3. The Morgan fingerprint density at radius 2 is 1.69 bits per heavy atom. The summed E-state index contributed by atoms with van der Waals surface area (Å²) >= 11 is 0. The van der Waals surface area contributed by atoms with Crippen LogP contribution in [-0.2, 0) is 36.9 Å². The summed E-state index contributed by atoms with van der Waals surface area (Å²) in [6.07, 6.45) is 5.35. The van der Waals surface area contributed by atoms with Crippen molar-refractivity contribution in [2.75, 3.05) is 18.6 Å². The van der Waals surface area contributed by atoms with E-state index in [1.165, 1.54) is 24.1 Å². The van der Waals surface area contributed by atoms with E-state index in [9.17, 15) is 44.1 Å². The molecule has 5 N–H and O–H groups in total. The number of methoxy groups -OCH3 is 1. The maximum Gasteiger partial charge on any atom is 0.330 e. The Labute approximate surface area is 355 Å². The number of amides is 2. The predicted molar refractivity (Wildman–Crippen MR) is 226 cm³/mol. The minimum atomic E-state index is -2.10. The average Bonchev–Trinajstić information content (AvgIpc) is 3.53. The smallest absolute Gasteiger partial charge is 0.330 e. The number of aromatic amines is 1.